The van der Waals surface area contributed by atoms with E-state index in [2.05, 4.69) is 23.4 Å². The molecule has 1 rings (SSSR count). The van der Waals surface area contributed by atoms with Crippen LogP contribution in [0.1, 0.15) is 32.5 Å². The van der Waals surface area contributed by atoms with Crippen molar-refractivity contribution in [2.75, 3.05) is 13.7 Å². The molecule has 0 aliphatic rings. The standard InChI is InChI=1S/C12H23N3O/c1-4-7-15-8-6-14-11(15)9-12(13,5-2)10-16-3/h6,8H,4-5,7,9-10,13H2,1-3H3. The highest BCUT2D eigenvalue weighted by atomic mass is 16.5. The summed E-state index contributed by atoms with van der Waals surface area (Å²) < 4.78 is 7.36. The average Bonchev–Trinajstić information content (AvgIpc) is 2.67. The predicted molar refractivity (Wildman–Crippen MR) is 65.3 cm³/mol. The van der Waals surface area contributed by atoms with E-state index in [1.807, 2.05) is 12.4 Å². The van der Waals surface area contributed by atoms with Crippen molar-refractivity contribution < 1.29 is 4.74 Å². The van der Waals surface area contributed by atoms with Crippen LogP contribution in [-0.4, -0.2) is 28.8 Å². The highest BCUT2D eigenvalue weighted by molar-refractivity contribution is 5.00. The van der Waals surface area contributed by atoms with E-state index < -0.39 is 0 Å². The van der Waals surface area contributed by atoms with Gasteiger partial charge in [-0.3, -0.25) is 0 Å². The molecule has 0 aromatic carbocycles. The molecule has 1 heterocycles. The maximum Gasteiger partial charge on any atom is 0.110 e. The quantitative estimate of drug-likeness (QED) is 0.766. The molecular weight excluding hydrogens is 202 g/mol. The molecule has 0 aliphatic heterocycles. The number of hydrogen-bond acceptors (Lipinski definition) is 3. The van der Waals surface area contributed by atoms with Crippen LogP contribution in [0.5, 0.6) is 0 Å². The molecule has 2 N–H and O–H groups in total. The second kappa shape index (κ2) is 6.01. The minimum atomic E-state index is -0.300. The summed E-state index contributed by atoms with van der Waals surface area (Å²) in [5, 5.41) is 0. The number of aryl methyl sites for hydroxylation is 1. The van der Waals surface area contributed by atoms with Gasteiger partial charge in [0.05, 0.1) is 6.61 Å². The number of aromatic nitrogens is 2. The van der Waals surface area contributed by atoms with Crippen LogP contribution in [0.15, 0.2) is 12.4 Å². The SMILES string of the molecule is CCCn1ccnc1CC(N)(CC)COC. The first-order chi connectivity index (χ1) is 7.65. The van der Waals surface area contributed by atoms with Gasteiger partial charge in [0.25, 0.3) is 0 Å². The van der Waals surface area contributed by atoms with Gasteiger partial charge in [-0.25, -0.2) is 4.98 Å². The molecule has 0 amide bonds. The van der Waals surface area contributed by atoms with Crippen LogP contribution in [0.3, 0.4) is 0 Å². The summed E-state index contributed by atoms with van der Waals surface area (Å²) in [6, 6.07) is 0. The number of imidazole rings is 1. The zero-order chi connectivity index (χ0) is 12.0. The third kappa shape index (κ3) is 3.32. The lowest BCUT2D eigenvalue weighted by Gasteiger charge is -2.27. The van der Waals surface area contributed by atoms with Crippen LogP contribution in [0.2, 0.25) is 0 Å². The van der Waals surface area contributed by atoms with Gasteiger partial charge in [-0.15, -0.1) is 0 Å². The van der Waals surface area contributed by atoms with E-state index in [1.54, 1.807) is 7.11 Å². The molecule has 1 unspecified atom stereocenters. The van der Waals surface area contributed by atoms with Crippen molar-refractivity contribution in [3.8, 4) is 0 Å². The minimum absolute atomic E-state index is 0.300. The van der Waals surface area contributed by atoms with Gasteiger partial charge in [0, 0.05) is 38.0 Å². The van der Waals surface area contributed by atoms with E-state index in [4.69, 9.17) is 10.5 Å². The van der Waals surface area contributed by atoms with Crippen molar-refractivity contribution in [2.24, 2.45) is 5.73 Å². The van der Waals surface area contributed by atoms with Gasteiger partial charge in [-0.05, 0) is 12.8 Å². The van der Waals surface area contributed by atoms with Gasteiger partial charge < -0.3 is 15.0 Å². The molecule has 0 bridgehead atoms. The second-order valence-electron chi connectivity index (χ2n) is 4.36. The van der Waals surface area contributed by atoms with Gasteiger partial charge in [-0.1, -0.05) is 13.8 Å². The van der Waals surface area contributed by atoms with Crippen LogP contribution in [0, 0.1) is 0 Å². The molecule has 1 aromatic heterocycles. The number of hydrogen-bond donors (Lipinski definition) is 1. The molecule has 4 heteroatoms. The Morgan fingerprint density at radius 3 is 2.81 bits per heavy atom. The van der Waals surface area contributed by atoms with Gasteiger partial charge in [0.2, 0.25) is 0 Å². The summed E-state index contributed by atoms with van der Waals surface area (Å²) in [6.07, 6.45) is 6.62. The number of nitrogens with zero attached hydrogens (tertiary/aromatic N) is 2. The maximum absolute atomic E-state index is 6.29. The highest BCUT2D eigenvalue weighted by Crippen LogP contribution is 2.14. The van der Waals surface area contributed by atoms with E-state index in [1.165, 1.54) is 0 Å². The average molecular weight is 225 g/mol. The molecule has 0 saturated carbocycles. The smallest absolute Gasteiger partial charge is 0.110 e. The van der Waals surface area contributed by atoms with E-state index in [-0.39, 0.29) is 5.54 Å². The summed E-state index contributed by atoms with van der Waals surface area (Å²) in [7, 11) is 1.69. The Morgan fingerprint density at radius 1 is 1.50 bits per heavy atom. The van der Waals surface area contributed by atoms with Crippen LogP contribution >= 0.6 is 0 Å². The molecule has 0 saturated heterocycles. The lowest BCUT2D eigenvalue weighted by atomic mass is 9.94. The molecule has 0 radical (unpaired) electrons. The van der Waals surface area contributed by atoms with Gasteiger partial charge in [-0.2, -0.15) is 0 Å². The number of rotatable bonds is 7. The third-order valence-electron chi connectivity index (χ3n) is 2.91. The molecular formula is C12H23N3O. The van der Waals surface area contributed by atoms with Crippen molar-refractivity contribution in [1.82, 2.24) is 9.55 Å². The van der Waals surface area contributed by atoms with Gasteiger partial charge >= 0.3 is 0 Å². The molecule has 0 spiro atoms. The Labute approximate surface area is 97.8 Å². The van der Waals surface area contributed by atoms with Crippen LogP contribution in [0.25, 0.3) is 0 Å². The zero-order valence-electron chi connectivity index (χ0n) is 10.6. The first-order valence-corrected chi connectivity index (χ1v) is 5.93. The largest absolute Gasteiger partial charge is 0.383 e. The fourth-order valence-corrected chi connectivity index (χ4v) is 1.83. The van der Waals surface area contributed by atoms with Crippen molar-refractivity contribution >= 4 is 0 Å². The van der Waals surface area contributed by atoms with Crippen molar-refractivity contribution in [3.63, 3.8) is 0 Å². The van der Waals surface area contributed by atoms with Gasteiger partial charge in [0.1, 0.15) is 5.82 Å². The normalized spacial score (nSPS) is 15.0. The molecule has 16 heavy (non-hydrogen) atoms. The summed E-state index contributed by atoms with van der Waals surface area (Å²) >= 11 is 0. The Bertz CT molecular complexity index is 311. The summed E-state index contributed by atoms with van der Waals surface area (Å²) in [4.78, 5) is 4.38. The number of nitrogens with two attached hydrogens (primary N) is 1. The lowest BCUT2D eigenvalue weighted by molar-refractivity contribution is 0.127. The molecule has 4 nitrogen and oxygen atoms in total. The fraction of sp³-hybridized carbons (Fsp3) is 0.750. The Balaban J connectivity index is 2.73. The Morgan fingerprint density at radius 2 is 2.25 bits per heavy atom. The van der Waals surface area contributed by atoms with E-state index in [9.17, 15) is 0 Å². The predicted octanol–water partition coefficient (Wildman–Crippen LogP) is 1.59. The zero-order valence-corrected chi connectivity index (χ0v) is 10.6. The van der Waals surface area contributed by atoms with Crippen molar-refractivity contribution in [2.45, 2.75) is 45.2 Å². The number of methoxy groups -OCH3 is 1. The lowest BCUT2D eigenvalue weighted by Crippen LogP contribution is -2.46. The topological polar surface area (TPSA) is 53.1 Å². The monoisotopic (exact) mass is 225 g/mol. The maximum atomic E-state index is 6.29. The number of ether oxygens (including phenoxy) is 1. The van der Waals surface area contributed by atoms with E-state index >= 15 is 0 Å². The first kappa shape index (κ1) is 13.2. The first-order valence-electron chi connectivity index (χ1n) is 5.93. The summed E-state index contributed by atoms with van der Waals surface area (Å²) in [6.45, 7) is 5.82. The fourth-order valence-electron chi connectivity index (χ4n) is 1.83. The van der Waals surface area contributed by atoms with Crippen molar-refractivity contribution in [3.05, 3.63) is 18.2 Å². The second-order valence-corrected chi connectivity index (χ2v) is 4.36. The Kier molecular flexibility index (Phi) is 4.96. The molecule has 1 aromatic rings. The third-order valence-corrected chi connectivity index (χ3v) is 2.91. The molecule has 1 atom stereocenters. The summed E-state index contributed by atoms with van der Waals surface area (Å²) in [5.41, 5.74) is 5.99. The molecule has 0 fully saturated rings. The Hall–Kier alpha value is -0.870. The highest BCUT2D eigenvalue weighted by Gasteiger charge is 2.25. The summed E-state index contributed by atoms with van der Waals surface area (Å²) in [5.74, 6) is 1.06. The van der Waals surface area contributed by atoms with E-state index in [0.29, 0.717) is 6.61 Å². The minimum Gasteiger partial charge on any atom is -0.383 e. The van der Waals surface area contributed by atoms with Gasteiger partial charge in [0.15, 0.2) is 0 Å². The van der Waals surface area contributed by atoms with E-state index in [0.717, 1.165) is 31.6 Å². The van der Waals surface area contributed by atoms with Crippen LogP contribution in [-0.2, 0) is 17.7 Å². The molecule has 0 aliphatic carbocycles. The molecule has 92 valence electrons. The van der Waals surface area contributed by atoms with Crippen molar-refractivity contribution in [1.29, 1.82) is 0 Å². The van der Waals surface area contributed by atoms with Crippen LogP contribution in [0.4, 0.5) is 0 Å². The van der Waals surface area contributed by atoms with Crippen LogP contribution < -0.4 is 5.73 Å².